The second-order valence-corrected chi connectivity index (χ2v) is 14.3. The molecule has 5 aliphatic rings. The third-order valence-corrected chi connectivity index (χ3v) is 11.9. The minimum atomic E-state index is -2.48. The van der Waals surface area contributed by atoms with Gasteiger partial charge < -0.3 is 28.5 Å². The van der Waals surface area contributed by atoms with Crippen molar-refractivity contribution in [2.45, 2.75) is 97.1 Å². The maximum absolute atomic E-state index is 15.1. The molecule has 9 atom stereocenters. The monoisotopic (exact) mass is 612 g/mol. The lowest BCUT2D eigenvalue weighted by Crippen LogP contribution is -2.79. The van der Waals surface area contributed by atoms with Crippen LogP contribution in [0.1, 0.15) is 85.3 Å². The van der Waals surface area contributed by atoms with Gasteiger partial charge in [0.1, 0.15) is 12.2 Å². The Morgan fingerprint density at radius 1 is 1.16 bits per heavy atom. The van der Waals surface area contributed by atoms with Crippen molar-refractivity contribution in [2.24, 2.45) is 34.0 Å². The number of furan rings is 1. The molecule has 2 heterocycles. The molecule has 1 N–H and O–H groups in total. The maximum atomic E-state index is 15.1. The van der Waals surface area contributed by atoms with Crippen LogP contribution in [0.25, 0.3) is 0 Å². The zero-order chi connectivity index (χ0) is 32.2. The van der Waals surface area contributed by atoms with Gasteiger partial charge in [-0.15, -0.1) is 0 Å². The molecule has 0 spiro atoms. The number of hydrogen-bond acceptors (Lipinski definition) is 11. The van der Waals surface area contributed by atoms with Gasteiger partial charge in [-0.25, -0.2) is 0 Å². The van der Waals surface area contributed by atoms with E-state index >= 15 is 4.79 Å². The summed E-state index contributed by atoms with van der Waals surface area (Å²) >= 11 is 0. The molecule has 44 heavy (non-hydrogen) atoms. The van der Waals surface area contributed by atoms with Crippen LogP contribution in [-0.4, -0.2) is 59.2 Å². The molecule has 6 rings (SSSR count). The van der Waals surface area contributed by atoms with Crippen LogP contribution >= 0.6 is 0 Å². The third-order valence-electron chi connectivity index (χ3n) is 11.9. The topological polar surface area (TPSA) is 156 Å². The van der Waals surface area contributed by atoms with Gasteiger partial charge in [-0.1, -0.05) is 34.6 Å². The van der Waals surface area contributed by atoms with Gasteiger partial charge in [-0.05, 0) is 36.3 Å². The molecule has 238 valence electrons. The van der Waals surface area contributed by atoms with Crippen molar-refractivity contribution in [2.75, 3.05) is 7.11 Å². The van der Waals surface area contributed by atoms with Gasteiger partial charge >= 0.3 is 23.9 Å². The van der Waals surface area contributed by atoms with E-state index in [1.54, 1.807) is 26.8 Å². The third kappa shape index (κ3) is 3.50. The first kappa shape index (κ1) is 30.6. The van der Waals surface area contributed by atoms with Crippen LogP contribution in [0.5, 0.6) is 0 Å². The summed E-state index contributed by atoms with van der Waals surface area (Å²) in [4.78, 5) is 67.3. The summed E-state index contributed by atoms with van der Waals surface area (Å²) in [7, 11) is 1.28. The highest BCUT2D eigenvalue weighted by Gasteiger charge is 2.92. The average molecular weight is 613 g/mol. The molecule has 0 unspecified atom stereocenters. The summed E-state index contributed by atoms with van der Waals surface area (Å²) in [5.74, 6) is -4.94. The lowest BCUT2D eigenvalue weighted by atomic mass is 9.41. The van der Waals surface area contributed by atoms with E-state index in [0.29, 0.717) is 24.0 Å². The predicted octanol–water partition coefficient (Wildman–Crippen LogP) is 3.77. The van der Waals surface area contributed by atoms with E-state index in [2.05, 4.69) is 0 Å². The second kappa shape index (κ2) is 9.52. The number of hydrogen-bond donors (Lipinski definition) is 1. The number of aliphatic hydroxyl groups is 1. The summed E-state index contributed by atoms with van der Waals surface area (Å²) in [6, 6.07) is 1.72. The van der Waals surface area contributed by atoms with E-state index in [1.165, 1.54) is 26.6 Å². The van der Waals surface area contributed by atoms with Crippen molar-refractivity contribution >= 4 is 29.7 Å². The Hall–Kier alpha value is -3.47. The highest BCUT2D eigenvalue weighted by atomic mass is 16.6. The number of methoxy groups -OCH3 is 1. The number of ketones is 1. The van der Waals surface area contributed by atoms with Crippen molar-refractivity contribution < 1.29 is 52.4 Å². The van der Waals surface area contributed by atoms with Gasteiger partial charge in [0.25, 0.3) is 0 Å². The van der Waals surface area contributed by atoms with Crippen LogP contribution in [0, 0.1) is 34.0 Å². The summed E-state index contributed by atoms with van der Waals surface area (Å²) in [5, 5.41) is 13.0. The van der Waals surface area contributed by atoms with Gasteiger partial charge in [0.15, 0.2) is 11.4 Å². The zero-order valence-corrected chi connectivity index (χ0v) is 26.2. The second-order valence-electron chi connectivity index (χ2n) is 14.3. The molecule has 1 aromatic rings. The van der Waals surface area contributed by atoms with E-state index in [9.17, 15) is 24.3 Å². The van der Waals surface area contributed by atoms with E-state index in [4.69, 9.17) is 23.4 Å². The van der Waals surface area contributed by atoms with Gasteiger partial charge in [0, 0.05) is 47.1 Å². The fraction of sp³-hybridized carbons (Fsp3) is 0.667. The SMILES string of the molecule is COC(=O)C[C@H]1[C@]2(C)C[C@@]3(OC(=O)C(C)C)[C@]1(C)[C@H]1CC[C@]4(C)C(=C1C(=O)[C@@]3(O)[C@H]2OC(C)=O)CC(=O)O[C@H]4c1ccoc1. The minimum Gasteiger partial charge on any atom is -0.472 e. The molecule has 11 nitrogen and oxygen atoms in total. The molecule has 0 aromatic carbocycles. The number of Topliss-reactive ketones (excluding diaryl/α,β-unsaturated/α-hetero) is 1. The molecule has 4 fully saturated rings. The fourth-order valence-electron chi connectivity index (χ4n) is 10.00. The van der Waals surface area contributed by atoms with Crippen LogP contribution in [-0.2, 0) is 42.9 Å². The van der Waals surface area contributed by atoms with Crippen molar-refractivity contribution in [1.29, 1.82) is 0 Å². The standard InChI is InChI=1S/C33H40O11/c1-16(2)27(38)44-32-15-30(5)21(13-22(35)40-7)31(32,6)19-8-10-29(4)20(12-23(36)43-26(29)18-9-11-41-14-18)24(19)25(37)33(32,39)28(30)42-17(3)34/h9,11,14,16,19,21,26,28,39H,8,10,12-13,15H2,1-7H3/t19-,21-,26-,28-,29+,30-,31+,32+,33+/m0/s1. The number of rotatable bonds is 6. The Balaban J connectivity index is 1.65. The molecule has 0 amide bonds. The zero-order valence-electron chi connectivity index (χ0n) is 26.2. The number of carbonyl (C=O) groups excluding carboxylic acids is 5. The first-order valence-corrected chi connectivity index (χ1v) is 15.2. The smallest absolute Gasteiger partial charge is 0.310 e. The summed E-state index contributed by atoms with van der Waals surface area (Å²) in [6.45, 7) is 10.1. The number of fused-ring (bicyclic) bond motifs is 4. The number of esters is 4. The summed E-state index contributed by atoms with van der Waals surface area (Å²) < 4.78 is 28.4. The highest BCUT2D eigenvalue weighted by molar-refractivity contribution is 6.08. The first-order chi connectivity index (χ1) is 20.5. The van der Waals surface area contributed by atoms with Gasteiger partial charge in [-0.3, -0.25) is 24.0 Å². The molecular weight excluding hydrogens is 572 g/mol. The molecule has 1 saturated heterocycles. The molecule has 1 aliphatic heterocycles. The fourth-order valence-corrected chi connectivity index (χ4v) is 10.00. The van der Waals surface area contributed by atoms with E-state index < -0.39 is 87.1 Å². The van der Waals surface area contributed by atoms with Crippen LogP contribution in [0.2, 0.25) is 0 Å². The Kier molecular flexibility index (Phi) is 6.61. The Labute approximate surface area is 255 Å². The summed E-state index contributed by atoms with van der Waals surface area (Å²) in [6.07, 6.45) is 1.44. The molecule has 1 aromatic heterocycles. The van der Waals surface area contributed by atoms with E-state index in [-0.39, 0.29) is 24.8 Å². The first-order valence-electron chi connectivity index (χ1n) is 15.2. The average Bonchev–Trinajstić information content (AvgIpc) is 3.60. The number of ether oxygens (including phenoxy) is 4. The van der Waals surface area contributed by atoms with Crippen LogP contribution in [0.15, 0.2) is 34.2 Å². The van der Waals surface area contributed by atoms with E-state index in [1.807, 2.05) is 13.8 Å². The number of cyclic esters (lactones) is 1. The van der Waals surface area contributed by atoms with Gasteiger partial charge in [0.2, 0.25) is 5.60 Å². The largest absolute Gasteiger partial charge is 0.472 e. The lowest BCUT2D eigenvalue weighted by molar-refractivity contribution is -0.279. The van der Waals surface area contributed by atoms with Crippen LogP contribution in [0.3, 0.4) is 0 Å². The Morgan fingerprint density at radius 3 is 2.45 bits per heavy atom. The molecular formula is C33H40O11. The highest BCUT2D eigenvalue weighted by Crippen LogP contribution is 2.81. The molecule has 11 heteroatoms. The molecule has 2 bridgehead atoms. The maximum Gasteiger partial charge on any atom is 0.310 e. The van der Waals surface area contributed by atoms with E-state index in [0.717, 1.165) is 0 Å². The predicted molar refractivity (Wildman–Crippen MR) is 150 cm³/mol. The van der Waals surface area contributed by atoms with Crippen LogP contribution in [0.4, 0.5) is 0 Å². The van der Waals surface area contributed by atoms with Crippen molar-refractivity contribution in [3.8, 4) is 0 Å². The molecule has 0 radical (unpaired) electrons. The number of carbonyl (C=O) groups is 5. The van der Waals surface area contributed by atoms with Gasteiger partial charge in [0.05, 0.1) is 32.0 Å². The molecule has 3 saturated carbocycles. The quantitative estimate of drug-likeness (QED) is 0.369. The van der Waals surface area contributed by atoms with Crippen molar-refractivity contribution in [3.05, 3.63) is 35.3 Å². The van der Waals surface area contributed by atoms with Crippen molar-refractivity contribution in [3.63, 3.8) is 0 Å². The summed E-state index contributed by atoms with van der Waals surface area (Å²) in [5.41, 5.74) is -6.01. The van der Waals surface area contributed by atoms with Crippen LogP contribution < -0.4 is 0 Å². The normalized spacial score (nSPS) is 42.0. The Bertz CT molecular complexity index is 1490. The Morgan fingerprint density at radius 2 is 1.86 bits per heavy atom. The van der Waals surface area contributed by atoms with Crippen molar-refractivity contribution in [1.82, 2.24) is 0 Å². The lowest BCUT2D eigenvalue weighted by Gasteiger charge is -2.66. The molecule has 4 aliphatic carbocycles. The minimum absolute atomic E-state index is 0.00707. The van der Waals surface area contributed by atoms with Gasteiger partial charge in [-0.2, -0.15) is 0 Å².